The Labute approximate surface area is 206 Å². The maximum Gasteiger partial charge on any atom is 0.268 e. The largest absolute Gasteiger partial charge is 0.455 e. The van der Waals surface area contributed by atoms with E-state index in [0.29, 0.717) is 28.1 Å². The van der Waals surface area contributed by atoms with Crippen molar-refractivity contribution < 1.29 is 9.53 Å². The van der Waals surface area contributed by atoms with Crippen LogP contribution >= 0.6 is 23.2 Å². The summed E-state index contributed by atoms with van der Waals surface area (Å²) in [6.07, 6.45) is 2.92. The lowest BCUT2D eigenvalue weighted by atomic mass is 9.99. The molecule has 0 aliphatic carbocycles. The fourth-order valence-electron chi connectivity index (χ4n) is 4.15. The van der Waals surface area contributed by atoms with Crippen LogP contribution in [0.4, 0.5) is 17.3 Å². The third kappa shape index (κ3) is 4.38. The van der Waals surface area contributed by atoms with E-state index in [1.165, 1.54) is 22.2 Å². The minimum absolute atomic E-state index is 0.0664. The molecule has 3 aromatic rings. The first kappa shape index (κ1) is 22.4. The Bertz CT molecular complexity index is 1290. The Balaban J connectivity index is 1.34. The van der Waals surface area contributed by atoms with E-state index in [2.05, 4.69) is 38.4 Å². The molecule has 1 N–H and O–H groups in total. The highest BCUT2D eigenvalue weighted by molar-refractivity contribution is 6.40. The highest BCUT2D eigenvalue weighted by Gasteiger charge is 2.31. The Hall–Kier alpha value is -3.38. The van der Waals surface area contributed by atoms with E-state index in [0.717, 1.165) is 31.7 Å². The first-order chi connectivity index (χ1) is 16.5. The van der Waals surface area contributed by atoms with Crippen molar-refractivity contribution in [1.29, 1.82) is 5.26 Å². The van der Waals surface area contributed by atoms with Crippen molar-refractivity contribution in [2.24, 2.45) is 0 Å². The monoisotopic (exact) mass is 494 g/mol. The van der Waals surface area contributed by atoms with Gasteiger partial charge in [0.1, 0.15) is 5.56 Å². The zero-order chi connectivity index (χ0) is 23.7. The lowest BCUT2D eigenvalue weighted by Crippen LogP contribution is -2.39. The van der Waals surface area contributed by atoms with Gasteiger partial charge in [-0.15, -0.1) is 0 Å². The maximum absolute atomic E-state index is 13.1. The summed E-state index contributed by atoms with van der Waals surface area (Å²) in [5, 5.41) is 12.8. The fourth-order valence-corrected chi connectivity index (χ4v) is 4.75. The number of aromatic nitrogens is 2. The minimum Gasteiger partial charge on any atom is -0.455 e. The Kier molecular flexibility index (Phi) is 6.24. The number of hydrogen-bond acceptors (Lipinski definition) is 7. The van der Waals surface area contributed by atoms with Gasteiger partial charge in [-0.2, -0.15) is 10.2 Å². The van der Waals surface area contributed by atoms with Gasteiger partial charge < -0.3 is 10.1 Å². The molecule has 2 aliphatic heterocycles. The number of ether oxygens (including phenoxy) is 1. The number of hydrogen-bond donors (Lipinski definition) is 1. The van der Waals surface area contributed by atoms with E-state index in [1.54, 1.807) is 18.2 Å². The molecule has 0 unspecified atom stereocenters. The van der Waals surface area contributed by atoms with Gasteiger partial charge in [0.2, 0.25) is 11.8 Å². The number of nitrogens with one attached hydrogen (secondary N) is 1. The molecule has 5 rings (SSSR count). The highest BCUT2D eigenvalue weighted by atomic mass is 35.5. The van der Waals surface area contributed by atoms with Crippen LogP contribution < -0.4 is 15.0 Å². The quantitative estimate of drug-likeness (QED) is 0.544. The van der Waals surface area contributed by atoms with Crippen LogP contribution in [0.15, 0.2) is 42.6 Å². The average Bonchev–Trinajstić information content (AvgIpc) is 2.83. The standard InChI is InChI=1S/C24H20Cl2N6O2/c25-19-3-1-4-20(26)21(19)32-14-34-22-18(23(32)33)12-28-24(30-22)29-17-6-5-15-7-10-31(9-2-8-27)13-16(15)11-17/h1,3-6,11-12H,2,7,9-10,13-14H2,(H,28,29,30). The van der Waals surface area contributed by atoms with E-state index >= 15 is 0 Å². The van der Waals surface area contributed by atoms with Crippen LogP contribution in [0.25, 0.3) is 0 Å². The molecule has 0 bridgehead atoms. The number of anilines is 3. The Morgan fingerprint density at radius 1 is 1.18 bits per heavy atom. The van der Waals surface area contributed by atoms with Gasteiger partial charge in [0, 0.05) is 37.9 Å². The molecule has 2 aromatic carbocycles. The molecule has 2 aliphatic rings. The van der Waals surface area contributed by atoms with Crippen LogP contribution in [-0.4, -0.2) is 40.6 Å². The number of carbonyl (C=O) groups is 1. The molecule has 0 spiro atoms. The lowest BCUT2D eigenvalue weighted by Gasteiger charge is -2.29. The molecule has 3 heterocycles. The third-order valence-corrected chi connectivity index (χ3v) is 6.47. The number of nitriles is 1. The first-order valence-electron chi connectivity index (χ1n) is 10.8. The predicted molar refractivity (Wildman–Crippen MR) is 130 cm³/mol. The number of para-hydroxylation sites is 1. The number of amides is 1. The van der Waals surface area contributed by atoms with E-state index in [9.17, 15) is 4.79 Å². The molecule has 172 valence electrons. The van der Waals surface area contributed by atoms with E-state index in [4.69, 9.17) is 33.2 Å². The van der Waals surface area contributed by atoms with Gasteiger partial charge in [-0.05, 0) is 41.8 Å². The number of fused-ring (bicyclic) bond motifs is 2. The summed E-state index contributed by atoms with van der Waals surface area (Å²) in [5.74, 6) is 0.185. The molecule has 1 amide bonds. The third-order valence-electron chi connectivity index (χ3n) is 5.86. The topological polar surface area (TPSA) is 94.4 Å². The van der Waals surface area contributed by atoms with Crippen LogP contribution in [0.1, 0.15) is 27.9 Å². The van der Waals surface area contributed by atoms with Crippen LogP contribution in [0.5, 0.6) is 5.88 Å². The molecule has 8 nitrogen and oxygen atoms in total. The van der Waals surface area contributed by atoms with Gasteiger partial charge in [-0.25, -0.2) is 4.98 Å². The van der Waals surface area contributed by atoms with Crippen molar-refractivity contribution in [3.63, 3.8) is 0 Å². The summed E-state index contributed by atoms with van der Waals surface area (Å²) in [4.78, 5) is 25.4. The molecule has 1 aromatic heterocycles. The number of benzene rings is 2. The van der Waals surface area contributed by atoms with E-state index in [1.807, 2.05) is 6.07 Å². The van der Waals surface area contributed by atoms with Crippen molar-refractivity contribution in [2.75, 3.05) is 30.0 Å². The summed E-state index contributed by atoms with van der Waals surface area (Å²) < 4.78 is 5.76. The minimum atomic E-state index is -0.339. The lowest BCUT2D eigenvalue weighted by molar-refractivity contribution is 0.0932. The second kappa shape index (κ2) is 9.47. The summed E-state index contributed by atoms with van der Waals surface area (Å²) in [6.45, 7) is 2.46. The van der Waals surface area contributed by atoms with E-state index in [-0.39, 0.29) is 24.1 Å². The van der Waals surface area contributed by atoms with Crippen molar-refractivity contribution >= 4 is 46.4 Å². The Morgan fingerprint density at radius 2 is 2.00 bits per heavy atom. The fraction of sp³-hybridized carbons (Fsp3) is 0.250. The molecule has 0 saturated heterocycles. The van der Waals surface area contributed by atoms with Gasteiger partial charge in [-0.3, -0.25) is 14.6 Å². The summed E-state index contributed by atoms with van der Waals surface area (Å²) in [5.41, 5.74) is 3.98. The predicted octanol–water partition coefficient (Wildman–Crippen LogP) is 4.80. The highest BCUT2D eigenvalue weighted by Crippen LogP contribution is 2.37. The van der Waals surface area contributed by atoms with Gasteiger partial charge in [0.25, 0.3) is 5.91 Å². The van der Waals surface area contributed by atoms with Crippen LogP contribution in [-0.2, 0) is 13.0 Å². The number of halogens is 2. The van der Waals surface area contributed by atoms with Gasteiger partial charge >= 0.3 is 0 Å². The Morgan fingerprint density at radius 3 is 2.79 bits per heavy atom. The first-order valence-corrected chi connectivity index (χ1v) is 11.5. The van der Waals surface area contributed by atoms with Gasteiger partial charge in [0.05, 0.1) is 21.8 Å². The normalized spacial score (nSPS) is 15.2. The molecule has 0 atom stereocenters. The SMILES string of the molecule is N#CCCN1CCc2ccc(Nc3ncc4c(n3)OCN(c3c(Cl)cccc3Cl)C4=O)cc2C1. The van der Waals surface area contributed by atoms with Gasteiger partial charge in [0.15, 0.2) is 6.73 Å². The second-order valence-electron chi connectivity index (χ2n) is 8.03. The van der Waals surface area contributed by atoms with Crippen LogP contribution in [0.2, 0.25) is 10.0 Å². The smallest absolute Gasteiger partial charge is 0.268 e. The van der Waals surface area contributed by atoms with Crippen LogP contribution in [0, 0.1) is 11.3 Å². The van der Waals surface area contributed by atoms with Crippen molar-refractivity contribution in [1.82, 2.24) is 14.9 Å². The molecule has 0 fully saturated rings. The van der Waals surface area contributed by atoms with E-state index < -0.39 is 0 Å². The molecule has 10 heteroatoms. The molecule has 0 saturated carbocycles. The average molecular weight is 495 g/mol. The second-order valence-corrected chi connectivity index (χ2v) is 8.85. The molecule has 0 radical (unpaired) electrons. The zero-order valence-electron chi connectivity index (χ0n) is 18.1. The number of rotatable bonds is 5. The number of carbonyl (C=O) groups excluding carboxylic acids is 1. The molecular formula is C24H20Cl2N6O2. The summed E-state index contributed by atoms with van der Waals surface area (Å²) in [7, 11) is 0. The van der Waals surface area contributed by atoms with Crippen molar-refractivity contribution in [3.8, 4) is 11.9 Å². The molecular weight excluding hydrogens is 475 g/mol. The molecule has 34 heavy (non-hydrogen) atoms. The van der Waals surface area contributed by atoms with Crippen LogP contribution in [0.3, 0.4) is 0 Å². The van der Waals surface area contributed by atoms with Crippen molar-refractivity contribution in [2.45, 2.75) is 19.4 Å². The summed E-state index contributed by atoms with van der Waals surface area (Å²) in [6, 6.07) is 13.4. The maximum atomic E-state index is 13.1. The zero-order valence-corrected chi connectivity index (χ0v) is 19.6. The van der Waals surface area contributed by atoms with Gasteiger partial charge in [-0.1, -0.05) is 35.3 Å². The number of nitrogens with zero attached hydrogens (tertiary/aromatic N) is 5. The summed E-state index contributed by atoms with van der Waals surface area (Å²) >= 11 is 12.5. The van der Waals surface area contributed by atoms with Crippen molar-refractivity contribution in [3.05, 3.63) is 69.3 Å².